The van der Waals surface area contributed by atoms with Crippen molar-refractivity contribution < 1.29 is 23.1 Å². The number of methoxy groups -OCH3 is 1. The molecule has 4 aromatic rings. The van der Waals surface area contributed by atoms with Crippen LogP contribution in [-0.2, 0) is 11.2 Å². The van der Waals surface area contributed by atoms with E-state index in [2.05, 4.69) is 15.8 Å². The van der Waals surface area contributed by atoms with Crippen LogP contribution in [0.4, 0.5) is 4.39 Å². The number of amides is 2. The maximum Gasteiger partial charge on any atom is 0.279 e. The van der Waals surface area contributed by atoms with E-state index in [0.29, 0.717) is 16.5 Å². The molecule has 0 aliphatic heterocycles. The van der Waals surface area contributed by atoms with Crippen LogP contribution >= 0.6 is 11.3 Å². The van der Waals surface area contributed by atoms with Crippen molar-refractivity contribution in [2.75, 3.05) is 7.11 Å². The predicted molar refractivity (Wildman–Crippen MR) is 122 cm³/mol. The third-order valence-electron chi connectivity index (χ3n) is 4.77. The molecule has 4 rings (SSSR count). The standard InChI is InChI=1S/C24H20FN3O4S/c1-31-18-8-4-15(5-9-18)19-14-26-23(32-19)13-12-22(29)27-28-24(30)21-11-10-20(33-21)16-2-6-17(25)7-3-16/h2-11,14H,12-13H2,1H3,(H,27,29)(H,28,30). The maximum absolute atomic E-state index is 13.1. The third kappa shape index (κ3) is 5.64. The van der Waals surface area contributed by atoms with Crippen molar-refractivity contribution in [2.24, 2.45) is 0 Å². The molecule has 9 heteroatoms. The first kappa shape index (κ1) is 22.2. The number of carbonyl (C=O) groups is 2. The third-order valence-corrected chi connectivity index (χ3v) is 5.90. The van der Waals surface area contributed by atoms with Crippen LogP contribution in [0.25, 0.3) is 21.8 Å². The summed E-state index contributed by atoms with van der Waals surface area (Å²) in [5.41, 5.74) is 6.45. The van der Waals surface area contributed by atoms with Crippen LogP contribution in [0.5, 0.6) is 5.75 Å². The van der Waals surface area contributed by atoms with Gasteiger partial charge in [-0.05, 0) is 54.1 Å². The summed E-state index contributed by atoms with van der Waals surface area (Å²) >= 11 is 1.25. The fourth-order valence-electron chi connectivity index (χ4n) is 3.01. The van der Waals surface area contributed by atoms with Crippen molar-refractivity contribution in [1.29, 1.82) is 0 Å². The highest BCUT2D eigenvalue weighted by Gasteiger charge is 2.13. The highest BCUT2D eigenvalue weighted by Crippen LogP contribution is 2.28. The first-order valence-electron chi connectivity index (χ1n) is 10.1. The van der Waals surface area contributed by atoms with Crippen molar-refractivity contribution in [3.63, 3.8) is 0 Å². The van der Waals surface area contributed by atoms with Crippen LogP contribution in [0.15, 0.2) is 71.3 Å². The van der Waals surface area contributed by atoms with Gasteiger partial charge in [-0.15, -0.1) is 11.3 Å². The quantitative estimate of drug-likeness (QED) is 0.389. The van der Waals surface area contributed by atoms with Gasteiger partial charge in [0.25, 0.3) is 5.91 Å². The van der Waals surface area contributed by atoms with Crippen LogP contribution in [0.1, 0.15) is 22.0 Å². The lowest BCUT2D eigenvalue weighted by Gasteiger charge is -2.05. The molecular weight excluding hydrogens is 445 g/mol. The number of nitrogens with zero attached hydrogens (tertiary/aromatic N) is 1. The number of aromatic nitrogens is 1. The second-order valence-corrected chi connectivity index (χ2v) is 8.10. The van der Waals surface area contributed by atoms with Crippen LogP contribution in [0, 0.1) is 5.82 Å². The molecule has 0 atom stereocenters. The summed E-state index contributed by atoms with van der Waals surface area (Å²) in [5, 5.41) is 0. The topological polar surface area (TPSA) is 93.5 Å². The molecule has 0 unspecified atom stereocenters. The highest BCUT2D eigenvalue weighted by atomic mass is 32.1. The van der Waals surface area contributed by atoms with Gasteiger partial charge in [-0.3, -0.25) is 20.4 Å². The Morgan fingerprint density at radius 2 is 1.73 bits per heavy atom. The first-order valence-corrected chi connectivity index (χ1v) is 10.9. The van der Waals surface area contributed by atoms with Crippen LogP contribution in [0.3, 0.4) is 0 Å². The smallest absolute Gasteiger partial charge is 0.279 e. The highest BCUT2D eigenvalue weighted by molar-refractivity contribution is 7.17. The number of carbonyl (C=O) groups excluding carboxylic acids is 2. The Morgan fingerprint density at radius 1 is 1.00 bits per heavy atom. The molecule has 0 saturated heterocycles. The Kier molecular flexibility index (Phi) is 6.80. The summed E-state index contributed by atoms with van der Waals surface area (Å²) < 4.78 is 23.9. The Labute approximate surface area is 193 Å². The van der Waals surface area contributed by atoms with Gasteiger partial charge in [0.15, 0.2) is 11.7 Å². The molecule has 0 aliphatic rings. The first-order chi connectivity index (χ1) is 16.0. The minimum Gasteiger partial charge on any atom is -0.497 e. The number of halogens is 1. The molecule has 2 amide bonds. The van der Waals surface area contributed by atoms with E-state index in [1.807, 2.05) is 24.3 Å². The molecule has 0 fully saturated rings. The number of oxazole rings is 1. The summed E-state index contributed by atoms with van der Waals surface area (Å²) in [6, 6.07) is 16.8. The van der Waals surface area contributed by atoms with E-state index in [-0.39, 0.29) is 24.6 Å². The molecule has 2 heterocycles. The van der Waals surface area contributed by atoms with Gasteiger partial charge in [-0.25, -0.2) is 9.37 Å². The Morgan fingerprint density at radius 3 is 2.45 bits per heavy atom. The van der Waals surface area contributed by atoms with E-state index in [4.69, 9.17) is 9.15 Å². The van der Waals surface area contributed by atoms with Gasteiger partial charge in [0, 0.05) is 23.3 Å². The summed E-state index contributed by atoms with van der Waals surface area (Å²) in [5.74, 6) is 0.632. The maximum atomic E-state index is 13.1. The number of aryl methyl sites for hydroxylation is 1. The monoisotopic (exact) mass is 465 g/mol. The van der Waals surface area contributed by atoms with Crippen molar-refractivity contribution in [2.45, 2.75) is 12.8 Å². The molecule has 0 bridgehead atoms. The van der Waals surface area contributed by atoms with Crippen molar-refractivity contribution in [1.82, 2.24) is 15.8 Å². The van der Waals surface area contributed by atoms with Gasteiger partial charge in [0.2, 0.25) is 5.91 Å². The molecule has 168 valence electrons. The molecule has 0 spiro atoms. The minimum atomic E-state index is -0.431. The number of ether oxygens (including phenoxy) is 1. The van der Waals surface area contributed by atoms with Gasteiger partial charge >= 0.3 is 0 Å². The average molecular weight is 466 g/mol. The average Bonchev–Trinajstić information content (AvgIpc) is 3.52. The van der Waals surface area contributed by atoms with Crippen molar-refractivity contribution >= 4 is 23.2 Å². The number of hydrogen-bond donors (Lipinski definition) is 2. The SMILES string of the molecule is COc1ccc(-c2cnc(CCC(=O)NNC(=O)c3ccc(-c4ccc(F)cc4)s3)o2)cc1. The van der Waals surface area contributed by atoms with Crippen molar-refractivity contribution in [3.8, 4) is 27.5 Å². The number of benzene rings is 2. The van der Waals surface area contributed by atoms with E-state index in [9.17, 15) is 14.0 Å². The molecule has 0 saturated carbocycles. The molecule has 33 heavy (non-hydrogen) atoms. The summed E-state index contributed by atoms with van der Waals surface area (Å²) in [4.78, 5) is 29.9. The number of hydrogen-bond acceptors (Lipinski definition) is 6. The largest absolute Gasteiger partial charge is 0.497 e. The van der Waals surface area contributed by atoms with E-state index in [1.54, 1.807) is 37.6 Å². The number of rotatable bonds is 7. The van der Waals surface area contributed by atoms with E-state index in [0.717, 1.165) is 21.8 Å². The van der Waals surface area contributed by atoms with E-state index in [1.165, 1.54) is 23.5 Å². The lowest BCUT2D eigenvalue weighted by molar-refractivity contribution is -0.121. The summed E-state index contributed by atoms with van der Waals surface area (Å²) in [7, 11) is 1.60. The minimum absolute atomic E-state index is 0.0914. The zero-order chi connectivity index (χ0) is 23.2. The zero-order valence-corrected chi connectivity index (χ0v) is 18.4. The van der Waals surface area contributed by atoms with Gasteiger partial charge in [0.05, 0.1) is 18.2 Å². The van der Waals surface area contributed by atoms with Crippen LogP contribution in [-0.4, -0.2) is 23.9 Å². The van der Waals surface area contributed by atoms with Crippen molar-refractivity contribution in [3.05, 3.63) is 83.4 Å². The fraction of sp³-hybridized carbons (Fsp3) is 0.125. The molecule has 2 aromatic heterocycles. The zero-order valence-electron chi connectivity index (χ0n) is 17.6. The number of thiophene rings is 1. The van der Waals surface area contributed by atoms with Gasteiger partial charge < -0.3 is 9.15 Å². The lowest BCUT2D eigenvalue weighted by atomic mass is 10.2. The number of hydrazine groups is 1. The predicted octanol–water partition coefficient (Wildman–Crippen LogP) is 4.61. The van der Waals surface area contributed by atoms with Crippen LogP contribution < -0.4 is 15.6 Å². The molecule has 0 radical (unpaired) electrons. The molecule has 2 aromatic carbocycles. The molecule has 0 aliphatic carbocycles. The van der Waals surface area contributed by atoms with Crippen LogP contribution in [0.2, 0.25) is 0 Å². The molecular formula is C24H20FN3O4S. The Bertz CT molecular complexity index is 1250. The Balaban J connectivity index is 1.25. The summed E-state index contributed by atoms with van der Waals surface area (Å²) in [6.45, 7) is 0. The second kappa shape index (κ2) is 10.1. The number of nitrogens with one attached hydrogen (secondary N) is 2. The molecule has 7 nitrogen and oxygen atoms in total. The molecule has 2 N–H and O–H groups in total. The fourth-order valence-corrected chi connectivity index (χ4v) is 3.92. The summed E-state index contributed by atoms with van der Waals surface area (Å²) in [6.07, 6.45) is 1.98. The normalized spacial score (nSPS) is 10.6. The van der Waals surface area contributed by atoms with E-state index < -0.39 is 5.91 Å². The van der Waals surface area contributed by atoms with Gasteiger partial charge in [-0.1, -0.05) is 12.1 Å². The van der Waals surface area contributed by atoms with Gasteiger partial charge in [-0.2, -0.15) is 0 Å². The lowest BCUT2D eigenvalue weighted by Crippen LogP contribution is -2.41. The van der Waals surface area contributed by atoms with E-state index >= 15 is 0 Å². The van der Waals surface area contributed by atoms with Gasteiger partial charge in [0.1, 0.15) is 11.6 Å². The Hall–Kier alpha value is -3.98. The second-order valence-electron chi connectivity index (χ2n) is 7.02.